The van der Waals surface area contributed by atoms with Gasteiger partial charge in [0, 0.05) is 28.9 Å². The fourth-order valence-electron chi connectivity index (χ4n) is 0.699. The molecule has 0 atom stereocenters. The minimum absolute atomic E-state index is 0.160. The molecule has 0 unspecified atom stereocenters. The molecule has 1 aromatic heterocycles. The summed E-state index contributed by atoms with van der Waals surface area (Å²) in [4.78, 5) is 3.85. The number of alkyl halides is 1. The number of pyridine rings is 1. The third-order valence-corrected chi connectivity index (χ3v) is 1.87. The summed E-state index contributed by atoms with van der Waals surface area (Å²) in [5.74, 6) is -0.160. The highest BCUT2D eigenvalue weighted by Crippen LogP contribution is 2.12. The van der Waals surface area contributed by atoms with Crippen LogP contribution in [0.15, 0.2) is 12.4 Å². The molecule has 0 spiro atoms. The van der Waals surface area contributed by atoms with Crippen molar-refractivity contribution in [1.29, 1.82) is 0 Å². The summed E-state index contributed by atoms with van der Waals surface area (Å²) < 4.78 is 12.9. The zero-order valence-electron chi connectivity index (χ0n) is 5.56. The summed E-state index contributed by atoms with van der Waals surface area (Å²) in [7, 11) is 0. The lowest BCUT2D eigenvalue weighted by atomic mass is 10.2. The number of aryl methyl sites for hydroxylation is 1. The second kappa shape index (κ2) is 3.10. The van der Waals surface area contributed by atoms with Gasteiger partial charge in [0.15, 0.2) is 0 Å². The number of nitrogens with zero attached hydrogens (tertiary/aromatic N) is 1. The minimum Gasteiger partial charge on any atom is -0.264 e. The van der Waals surface area contributed by atoms with E-state index >= 15 is 0 Å². The Morgan fingerprint density at radius 1 is 1.60 bits per heavy atom. The number of hydrogen-bond donors (Lipinski definition) is 0. The first-order chi connectivity index (χ1) is 4.75. The van der Waals surface area contributed by atoms with Gasteiger partial charge in [0.05, 0.1) is 0 Å². The van der Waals surface area contributed by atoms with Crippen molar-refractivity contribution in [2.24, 2.45) is 0 Å². The summed E-state index contributed by atoms with van der Waals surface area (Å²) in [5, 5.41) is 0.521. The quantitative estimate of drug-likeness (QED) is 0.640. The highest BCUT2D eigenvalue weighted by atomic mass is 79.9. The van der Waals surface area contributed by atoms with E-state index < -0.39 is 0 Å². The van der Waals surface area contributed by atoms with Crippen molar-refractivity contribution < 1.29 is 4.39 Å². The Morgan fingerprint density at radius 2 is 2.30 bits per heavy atom. The van der Waals surface area contributed by atoms with Crippen molar-refractivity contribution in [3.8, 4) is 0 Å². The Balaban J connectivity index is 3.14. The third-order valence-electron chi connectivity index (χ3n) is 1.27. The molecule has 0 N–H and O–H groups in total. The SMILES string of the molecule is Cc1cncc(CBr)c1F. The van der Waals surface area contributed by atoms with Gasteiger partial charge in [-0.25, -0.2) is 4.39 Å². The summed E-state index contributed by atoms with van der Waals surface area (Å²) in [6, 6.07) is 0. The monoisotopic (exact) mass is 203 g/mol. The van der Waals surface area contributed by atoms with E-state index in [1.54, 1.807) is 6.92 Å². The summed E-state index contributed by atoms with van der Waals surface area (Å²) in [6.07, 6.45) is 3.04. The molecule has 0 fully saturated rings. The maximum absolute atomic E-state index is 12.9. The molecule has 0 amide bonds. The number of halogens is 2. The Labute approximate surface area is 67.4 Å². The molecule has 0 aliphatic rings. The molecule has 1 heterocycles. The van der Waals surface area contributed by atoms with E-state index in [0.717, 1.165) is 0 Å². The lowest BCUT2D eigenvalue weighted by molar-refractivity contribution is 0.605. The highest BCUT2D eigenvalue weighted by molar-refractivity contribution is 9.08. The van der Waals surface area contributed by atoms with Crippen molar-refractivity contribution in [3.63, 3.8) is 0 Å². The lowest BCUT2D eigenvalue weighted by Gasteiger charge is -1.98. The van der Waals surface area contributed by atoms with Gasteiger partial charge in [-0.15, -0.1) is 0 Å². The van der Waals surface area contributed by atoms with Crippen LogP contribution in [0.2, 0.25) is 0 Å². The van der Waals surface area contributed by atoms with Crippen molar-refractivity contribution >= 4 is 15.9 Å². The van der Waals surface area contributed by atoms with Crippen LogP contribution >= 0.6 is 15.9 Å². The minimum atomic E-state index is -0.160. The van der Waals surface area contributed by atoms with E-state index in [0.29, 0.717) is 16.5 Å². The zero-order chi connectivity index (χ0) is 7.56. The van der Waals surface area contributed by atoms with Gasteiger partial charge in [-0.3, -0.25) is 4.98 Å². The fourth-order valence-corrected chi connectivity index (χ4v) is 1.09. The molecule has 1 aromatic rings. The molecule has 0 saturated carbocycles. The molecular formula is C7H7BrFN. The first kappa shape index (κ1) is 7.66. The molecule has 10 heavy (non-hydrogen) atoms. The van der Waals surface area contributed by atoms with Gasteiger partial charge < -0.3 is 0 Å². The van der Waals surface area contributed by atoms with Crippen LogP contribution in [0.4, 0.5) is 4.39 Å². The van der Waals surface area contributed by atoms with Gasteiger partial charge in [0.25, 0.3) is 0 Å². The molecule has 1 rings (SSSR count). The van der Waals surface area contributed by atoms with E-state index in [1.165, 1.54) is 12.4 Å². The van der Waals surface area contributed by atoms with E-state index in [2.05, 4.69) is 20.9 Å². The molecule has 1 nitrogen and oxygen atoms in total. The number of rotatable bonds is 1. The van der Waals surface area contributed by atoms with E-state index in [9.17, 15) is 4.39 Å². The average molecular weight is 204 g/mol. The van der Waals surface area contributed by atoms with Crippen LogP contribution < -0.4 is 0 Å². The molecule has 0 bridgehead atoms. The molecule has 0 aromatic carbocycles. The van der Waals surface area contributed by atoms with Gasteiger partial charge in [0.2, 0.25) is 0 Å². The maximum Gasteiger partial charge on any atom is 0.133 e. The van der Waals surface area contributed by atoms with Crippen molar-refractivity contribution in [2.75, 3.05) is 0 Å². The number of hydrogen-bond acceptors (Lipinski definition) is 1. The van der Waals surface area contributed by atoms with Gasteiger partial charge in [0.1, 0.15) is 5.82 Å². The second-order valence-electron chi connectivity index (χ2n) is 2.06. The maximum atomic E-state index is 12.9. The highest BCUT2D eigenvalue weighted by Gasteiger charge is 2.02. The summed E-state index contributed by atoms with van der Waals surface area (Å²) in [5.41, 5.74) is 1.21. The number of aromatic nitrogens is 1. The normalized spacial score (nSPS) is 9.90. The molecule has 0 saturated heterocycles. The standard InChI is InChI=1S/C7H7BrFN/c1-5-3-10-4-6(2-8)7(5)9/h3-4H,2H2,1H3. The lowest BCUT2D eigenvalue weighted by Crippen LogP contribution is -1.90. The van der Waals surface area contributed by atoms with Gasteiger partial charge in [-0.2, -0.15) is 0 Å². The van der Waals surface area contributed by atoms with Gasteiger partial charge in [-0.05, 0) is 6.92 Å². The van der Waals surface area contributed by atoms with Crippen LogP contribution in [0.25, 0.3) is 0 Å². The fraction of sp³-hybridized carbons (Fsp3) is 0.286. The first-order valence-corrected chi connectivity index (χ1v) is 4.03. The molecule has 0 radical (unpaired) electrons. The molecule has 54 valence electrons. The van der Waals surface area contributed by atoms with Crippen molar-refractivity contribution in [1.82, 2.24) is 4.98 Å². The van der Waals surface area contributed by atoms with Crippen LogP contribution in [0.5, 0.6) is 0 Å². The van der Waals surface area contributed by atoms with Crippen LogP contribution in [0.3, 0.4) is 0 Å². The Bertz CT molecular complexity index is 237. The van der Waals surface area contributed by atoms with Gasteiger partial charge >= 0.3 is 0 Å². The van der Waals surface area contributed by atoms with Crippen LogP contribution in [-0.4, -0.2) is 4.98 Å². The predicted octanol–water partition coefficient (Wildman–Crippen LogP) is 2.42. The van der Waals surface area contributed by atoms with Crippen LogP contribution in [0, 0.1) is 12.7 Å². The van der Waals surface area contributed by atoms with Crippen molar-refractivity contribution in [2.45, 2.75) is 12.3 Å². The first-order valence-electron chi connectivity index (χ1n) is 2.90. The van der Waals surface area contributed by atoms with Crippen LogP contribution in [-0.2, 0) is 5.33 Å². The summed E-state index contributed by atoms with van der Waals surface area (Å²) >= 11 is 3.16. The Morgan fingerprint density at radius 3 is 2.80 bits per heavy atom. The van der Waals surface area contributed by atoms with E-state index in [-0.39, 0.29) is 5.82 Å². The molecule has 0 aliphatic heterocycles. The molecular weight excluding hydrogens is 197 g/mol. The third kappa shape index (κ3) is 1.34. The average Bonchev–Trinajstić information content (AvgIpc) is 1.95. The molecule has 3 heteroatoms. The van der Waals surface area contributed by atoms with E-state index in [4.69, 9.17) is 0 Å². The summed E-state index contributed by atoms with van der Waals surface area (Å²) in [6.45, 7) is 1.70. The topological polar surface area (TPSA) is 12.9 Å². The second-order valence-corrected chi connectivity index (χ2v) is 2.62. The largest absolute Gasteiger partial charge is 0.264 e. The Hall–Kier alpha value is -0.440. The van der Waals surface area contributed by atoms with Crippen LogP contribution in [0.1, 0.15) is 11.1 Å². The smallest absolute Gasteiger partial charge is 0.133 e. The van der Waals surface area contributed by atoms with E-state index in [1.807, 2.05) is 0 Å². The molecule has 0 aliphatic carbocycles. The van der Waals surface area contributed by atoms with Gasteiger partial charge in [-0.1, -0.05) is 15.9 Å². The predicted molar refractivity (Wildman–Crippen MR) is 41.6 cm³/mol. The zero-order valence-corrected chi connectivity index (χ0v) is 7.15. The van der Waals surface area contributed by atoms with Crippen molar-refractivity contribution in [3.05, 3.63) is 29.3 Å². The Kier molecular flexibility index (Phi) is 2.38.